The van der Waals surface area contributed by atoms with Gasteiger partial charge in [0.15, 0.2) is 0 Å². The van der Waals surface area contributed by atoms with Crippen LogP contribution in [0, 0.1) is 6.92 Å². The standard InChI is InChI=1S/C17H23N3S/c1-13-9-18-17(3,15-7-5-4-6-8-15)12-20(13)10-16-11-21-14(2)19-16/h4-8,11,13,18H,9-10,12H2,1-3H3. The molecule has 1 aliphatic heterocycles. The molecule has 3 rings (SSSR count). The molecule has 0 spiro atoms. The van der Waals surface area contributed by atoms with Crippen LogP contribution in [0.4, 0.5) is 0 Å². The summed E-state index contributed by atoms with van der Waals surface area (Å²) in [6, 6.07) is 11.3. The Labute approximate surface area is 131 Å². The maximum absolute atomic E-state index is 4.62. The van der Waals surface area contributed by atoms with E-state index in [2.05, 4.69) is 71.7 Å². The first-order valence-electron chi connectivity index (χ1n) is 7.52. The summed E-state index contributed by atoms with van der Waals surface area (Å²) < 4.78 is 0. The Hall–Kier alpha value is -1.23. The van der Waals surface area contributed by atoms with Gasteiger partial charge in [-0.05, 0) is 26.3 Å². The van der Waals surface area contributed by atoms with Gasteiger partial charge in [0.2, 0.25) is 0 Å². The van der Waals surface area contributed by atoms with E-state index in [1.807, 2.05) is 0 Å². The van der Waals surface area contributed by atoms with Gasteiger partial charge in [-0.15, -0.1) is 11.3 Å². The number of benzene rings is 1. The predicted molar refractivity (Wildman–Crippen MR) is 88.5 cm³/mol. The highest BCUT2D eigenvalue weighted by molar-refractivity contribution is 7.09. The molecule has 0 bridgehead atoms. The Morgan fingerprint density at radius 2 is 2.14 bits per heavy atom. The van der Waals surface area contributed by atoms with Gasteiger partial charge in [0.1, 0.15) is 0 Å². The average Bonchev–Trinajstić information content (AvgIpc) is 2.89. The summed E-state index contributed by atoms with van der Waals surface area (Å²) in [7, 11) is 0. The number of nitrogens with zero attached hydrogens (tertiary/aromatic N) is 2. The normalized spacial score (nSPS) is 26.9. The molecule has 4 heteroatoms. The molecule has 0 amide bonds. The summed E-state index contributed by atoms with van der Waals surface area (Å²) >= 11 is 1.74. The molecule has 1 fully saturated rings. The third kappa shape index (κ3) is 3.18. The molecule has 21 heavy (non-hydrogen) atoms. The zero-order valence-corrected chi connectivity index (χ0v) is 13.8. The van der Waals surface area contributed by atoms with Gasteiger partial charge in [-0.25, -0.2) is 4.98 Å². The van der Waals surface area contributed by atoms with E-state index in [1.165, 1.54) is 11.3 Å². The minimum Gasteiger partial charge on any atom is -0.305 e. The van der Waals surface area contributed by atoms with Gasteiger partial charge in [-0.1, -0.05) is 30.3 Å². The minimum absolute atomic E-state index is 0.0127. The van der Waals surface area contributed by atoms with Crippen LogP contribution in [0.15, 0.2) is 35.7 Å². The molecule has 1 aromatic heterocycles. The van der Waals surface area contributed by atoms with Crippen molar-refractivity contribution >= 4 is 11.3 Å². The fourth-order valence-corrected chi connectivity index (χ4v) is 3.62. The third-order valence-corrected chi connectivity index (χ3v) is 5.20. The van der Waals surface area contributed by atoms with Crippen LogP contribution in [0.1, 0.15) is 30.1 Å². The molecule has 2 heterocycles. The molecule has 0 aliphatic carbocycles. The fraction of sp³-hybridized carbons (Fsp3) is 0.471. The summed E-state index contributed by atoms with van der Waals surface area (Å²) in [5.74, 6) is 0. The monoisotopic (exact) mass is 301 g/mol. The highest BCUT2D eigenvalue weighted by atomic mass is 32.1. The number of aromatic nitrogens is 1. The number of hydrogen-bond donors (Lipinski definition) is 1. The molecule has 1 N–H and O–H groups in total. The molecule has 112 valence electrons. The van der Waals surface area contributed by atoms with Gasteiger partial charge in [0.25, 0.3) is 0 Å². The molecule has 0 saturated carbocycles. The van der Waals surface area contributed by atoms with Crippen LogP contribution in [0.2, 0.25) is 0 Å². The van der Waals surface area contributed by atoms with Crippen LogP contribution in [0.3, 0.4) is 0 Å². The molecule has 2 atom stereocenters. The summed E-state index contributed by atoms with van der Waals surface area (Å²) in [5.41, 5.74) is 2.57. The van der Waals surface area contributed by atoms with Crippen molar-refractivity contribution in [1.82, 2.24) is 15.2 Å². The lowest BCUT2D eigenvalue weighted by atomic mass is 9.88. The second-order valence-corrected chi connectivity index (χ2v) is 7.25. The Kier molecular flexibility index (Phi) is 4.11. The Morgan fingerprint density at radius 3 is 2.81 bits per heavy atom. The smallest absolute Gasteiger partial charge is 0.0897 e. The van der Waals surface area contributed by atoms with Crippen LogP contribution in [-0.4, -0.2) is 29.0 Å². The number of hydrogen-bond acceptors (Lipinski definition) is 4. The fourth-order valence-electron chi connectivity index (χ4n) is 3.02. The van der Waals surface area contributed by atoms with E-state index in [4.69, 9.17) is 0 Å². The Bertz CT molecular complexity index is 595. The van der Waals surface area contributed by atoms with Crippen molar-refractivity contribution in [3.05, 3.63) is 52.0 Å². The number of piperazine rings is 1. The molecule has 1 aromatic carbocycles. The largest absolute Gasteiger partial charge is 0.305 e. The molecule has 0 radical (unpaired) electrons. The van der Waals surface area contributed by atoms with Crippen molar-refractivity contribution < 1.29 is 0 Å². The lowest BCUT2D eigenvalue weighted by molar-refractivity contribution is 0.0868. The first-order valence-corrected chi connectivity index (χ1v) is 8.40. The number of thiazole rings is 1. The number of nitrogens with one attached hydrogen (secondary N) is 1. The molecule has 3 nitrogen and oxygen atoms in total. The summed E-state index contributed by atoms with van der Waals surface area (Å²) in [4.78, 5) is 7.16. The quantitative estimate of drug-likeness (QED) is 0.944. The second-order valence-electron chi connectivity index (χ2n) is 6.19. The van der Waals surface area contributed by atoms with E-state index >= 15 is 0 Å². The van der Waals surface area contributed by atoms with Crippen molar-refractivity contribution in [3.63, 3.8) is 0 Å². The van der Waals surface area contributed by atoms with Gasteiger partial charge >= 0.3 is 0 Å². The average molecular weight is 301 g/mol. The topological polar surface area (TPSA) is 28.2 Å². The highest BCUT2D eigenvalue weighted by Gasteiger charge is 2.35. The van der Waals surface area contributed by atoms with Crippen molar-refractivity contribution in [3.8, 4) is 0 Å². The van der Waals surface area contributed by atoms with E-state index in [9.17, 15) is 0 Å². The summed E-state index contributed by atoms with van der Waals surface area (Å²) in [6.07, 6.45) is 0. The lowest BCUT2D eigenvalue weighted by Crippen LogP contribution is -2.59. The van der Waals surface area contributed by atoms with Gasteiger partial charge in [0.05, 0.1) is 16.2 Å². The van der Waals surface area contributed by atoms with Crippen LogP contribution in [0.5, 0.6) is 0 Å². The summed E-state index contributed by atoms with van der Waals surface area (Å²) in [5, 5.41) is 7.06. The maximum Gasteiger partial charge on any atom is 0.0897 e. The van der Waals surface area contributed by atoms with E-state index in [1.54, 1.807) is 11.3 Å². The van der Waals surface area contributed by atoms with E-state index in [0.717, 1.165) is 24.6 Å². The third-order valence-electron chi connectivity index (χ3n) is 4.37. The molecular weight excluding hydrogens is 278 g/mol. The van der Waals surface area contributed by atoms with Crippen LogP contribution in [-0.2, 0) is 12.1 Å². The SMILES string of the molecule is Cc1nc(CN2CC(C)(c3ccccc3)NCC2C)cs1. The van der Waals surface area contributed by atoms with Crippen LogP contribution in [0.25, 0.3) is 0 Å². The zero-order chi connectivity index (χ0) is 14.9. The van der Waals surface area contributed by atoms with Gasteiger partial charge < -0.3 is 5.32 Å². The molecule has 2 unspecified atom stereocenters. The van der Waals surface area contributed by atoms with Gasteiger partial charge in [-0.3, -0.25) is 4.90 Å². The van der Waals surface area contributed by atoms with Crippen LogP contribution >= 0.6 is 11.3 Å². The van der Waals surface area contributed by atoms with E-state index in [-0.39, 0.29) is 5.54 Å². The van der Waals surface area contributed by atoms with E-state index < -0.39 is 0 Å². The molecule has 2 aromatic rings. The molecular formula is C17H23N3S. The molecule has 1 saturated heterocycles. The van der Waals surface area contributed by atoms with Crippen molar-refractivity contribution in [2.45, 2.75) is 38.9 Å². The Morgan fingerprint density at radius 1 is 1.38 bits per heavy atom. The first kappa shape index (κ1) is 14.7. The van der Waals surface area contributed by atoms with Crippen molar-refractivity contribution in [2.75, 3.05) is 13.1 Å². The highest BCUT2D eigenvalue weighted by Crippen LogP contribution is 2.27. The summed E-state index contributed by atoms with van der Waals surface area (Å²) in [6.45, 7) is 9.62. The van der Waals surface area contributed by atoms with Gasteiger partial charge in [0, 0.05) is 31.1 Å². The number of rotatable bonds is 3. The lowest BCUT2D eigenvalue weighted by Gasteiger charge is -2.45. The second kappa shape index (κ2) is 5.87. The minimum atomic E-state index is 0.0127. The number of aryl methyl sites for hydroxylation is 1. The van der Waals surface area contributed by atoms with Crippen molar-refractivity contribution in [1.29, 1.82) is 0 Å². The molecule has 1 aliphatic rings. The van der Waals surface area contributed by atoms with Crippen molar-refractivity contribution in [2.24, 2.45) is 0 Å². The van der Waals surface area contributed by atoms with Gasteiger partial charge in [-0.2, -0.15) is 0 Å². The Balaban J connectivity index is 1.78. The first-order chi connectivity index (χ1) is 10.1. The predicted octanol–water partition coefficient (Wildman–Crippen LogP) is 3.16. The van der Waals surface area contributed by atoms with Crippen LogP contribution < -0.4 is 5.32 Å². The maximum atomic E-state index is 4.62. The zero-order valence-electron chi connectivity index (χ0n) is 13.0. The van der Waals surface area contributed by atoms with E-state index in [0.29, 0.717) is 6.04 Å².